The molecule has 0 spiro atoms. The molecule has 104 valence electrons. The van der Waals surface area contributed by atoms with E-state index in [1.165, 1.54) is 12.1 Å². The van der Waals surface area contributed by atoms with Crippen LogP contribution >= 0.6 is 0 Å². The van der Waals surface area contributed by atoms with Crippen LogP contribution in [0.15, 0.2) is 42.5 Å². The van der Waals surface area contributed by atoms with Crippen LogP contribution in [-0.2, 0) is 6.54 Å². The lowest BCUT2D eigenvalue weighted by atomic mass is 9.99. The third-order valence-electron chi connectivity index (χ3n) is 3.69. The number of rotatable bonds is 2. The largest absolute Gasteiger partial charge is 0.366 e. The smallest absolute Gasteiger partial charge is 0.166 e. The molecule has 0 unspecified atom stereocenters. The fourth-order valence-corrected chi connectivity index (χ4v) is 2.61. The molecule has 1 aliphatic rings. The predicted molar refractivity (Wildman–Crippen MR) is 77.6 cm³/mol. The van der Waals surface area contributed by atoms with Gasteiger partial charge in [0, 0.05) is 36.3 Å². The molecule has 21 heavy (non-hydrogen) atoms. The molecule has 0 atom stereocenters. The van der Waals surface area contributed by atoms with Gasteiger partial charge < -0.3 is 4.90 Å². The maximum atomic E-state index is 13.9. The summed E-state index contributed by atoms with van der Waals surface area (Å²) in [6, 6.07) is 13.7. The molecule has 3 nitrogen and oxygen atoms in total. The molecule has 1 aliphatic heterocycles. The Morgan fingerprint density at radius 1 is 1.24 bits per heavy atom. The van der Waals surface area contributed by atoms with Crippen LogP contribution < -0.4 is 4.90 Å². The Labute approximate surface area is 122 Å². The molecular weight excluding hydrogens is 267 g/mol. The monoisotopic (exact) mass is 280 g/mol. The summed E-state index contributed by atoms with van der Waals surface area (Å²) in [7, 11) is 0. The van der Waals surface area contributed by atoms with Gasteiger partial charge in [0.1, 0.15) is 5.82 Å². The molecule has 0 bridgehead atoms. The van der Waals surface area contributed by atoms with E-state index in [1.54, 1.807) is 12.1 Å². The topological polar surface area (TPSA) is 44.1 Å². The second-order valence-electron chi connectivity index (χ2n) is 5.03. The van der Waals surface area contributed by atoms with Crippen molar-refractivity contribution in [2.75, 3.05) is 11.4 Å². The quantitative estimate of drug-likeness (QED) is 0.848. The molecule has 0 saturated carbocycles. The van der Waals surface area contributed by atoms with Crippen LogP contribution in [0.2, 0.25) is 0 Å². The van der Waals surface area contributed by atoms with E-state index in [2.05, 4.69) is 0 Å². The summed E-state index contributed by atoms with van der Waals surface area (Å²) in [5, 5.41) is 8.92. The molecule has 0 N–H and O–H groups in total. The van der Waals surface area contributed by atoms with Gasteiger partial charge in [-0.1, -0.05) is 12.1 Å². The van der Waals surface area contributed by atoms with Gasteiger partial charge in [-0.05, 0) is 30.3 Å². The summed E-state index contributed by atoms with van der Waals surface area (Å²) in [5.74, 6) is -0.212. The van der Waals surface area contributed by atoms with Crippen molar-refractivity contribution in [2.24, 2.45) is 0 Å². The highest BCUT2D eigenvalue weighted by molar-refractivity contribution is 6.03. The lowest BCUT2D eigenvalue weighted by Crippen LogP contribution is -2.31. The van der Waals surface area contributed by atoms with E-state index in [0.717, 1.165) is 5.69 Å². The van der Waals surface area contributed by atoms with Crippen LogP contribution in [0, 0.1) is 17.1 Å². The predicted octanol–water partition coefficient (Wildman–Crippen LogP) is 3.29. The van der Waals surface area contributed by atoms with Gasteiger partial charge in [0.05, 0.1) is 11.6 Å². The summed E-state index contributed by atoms with van der Waals surface area (Å²) in [5.41, 5.74) is 2.42. The second kappa shape index (κ2) is 5.37. The minimum absolute atomic E-state index is 0.119. The molecule has 4 heteroatoms. The molecule has 0 amide bonds. The van der Waals surface area contributed by atoms with Gasteiger partial charge in [-0.3, -0.25) is 4.79 Å². The van der Waals surface area contributed by atoms with Crippen molar-refractivity contribution < 1.29 is 9.18 Å². The zero-order chi connectivity index (χ0) is 14.8. The molecule has 0 radical (unpaired) electrons. The molecule has 2 aromatic carbocycles. The number of nitrogens with zero attached hydrogens (tertiary/aromatic N) is 2. The Bertz CT molecular complexity index is 749. The van der Waals surface area contributed by atoms with Gasteiger partial charge in [-0.25, -0.2) is 4.39 Å². The number of ketones is 1. The minimum atomic E-state index is -0.330. The van der Waals surface area contributed by atoms with E-state index in [0.29, 0.717) is 36.2 Å². The first-order valence-corrected chi connectivity index (χ1v) is 6.75. The summed E-state index contributed by atoms with van der Waals surface area (Å²) < 4.78 is 13.9. The molecule has 3 rings (SSSR count). The summed E-state index contributed by atoms with van der Waals surface area (Å²) in [4.78, 5) is 13.9. The van der Waals surface area contributed by atoms with Gasteiger partial charge in [0.15, 0.2) is 5.78 Å². The minimum Gasteiger partial charge on any atom is -0.366 e. The van der Waals surface area contributed by atoms with Crippen molar-refractivity contribution in [2.45, 2.75) is 13.0 Å². The molecule has 1 heterocycles. The number of nitriles is 1. The van der Waals surface area contributed by atoms with Crippen molar-refractivity contribution in [3.05, 3.63) is 65.0 Å². The van der Waals surface area contributed by atoms with Gasteiger partial charge in [-0.15, -0.1) is 0 Å². The number of anilines is 1. The van der Waals surface area contributed by atoms with Crippen LogP contribution in [0.5, 0.6) is 0 Å². The number of para-hydroxylation sites is 1. The van der Waals surface area contributed by atoms with Gasteiger partial charge in [0.25, 0.3) is 0 Å². The Balaban J connectivity index is 1.95. The SMILES string of the molecule is N#Cc1ccc(F)c(CN2CCC(=O)c3ccccc32)c1. The van der Waals surface area contributed by atoms with Crippen molar-refractivity contribution in [1.82, 2.24) is 0 Å². The van der Waals surface area contributed by atoms with Crippen LogP contribution in [0.25, 0.3) is 0 Å². The lowest BCUT2D eigenvalue weighted by Gasteiger charge is -2.30. The summed E-state index contributed by atoms with van der Waals surface area (Å²) in [6.45, 7) is 0.914. The molecule has 0 aromatic heterocycles. The Kier molecular flexibility index (Phi) is 3.41. The first-order valence-electron chi connectivity index (χ1n) is 6.75. The van der Waals surface area contributed by atoms with Gasteiger partial charge in [-0.2, -0.15) is 5.26 Å². The van der Waals surface area contributed by atoms with Crippen LogP contribution in [0.1, 0.15) is 27.9 Å². The van der Waals surface area contributed by atoms with Crippen molar-refractivity contribution in [3.8, 4) is 6.07 Å². The van der Waals surface area contributed by atoms with E-state index < -0.39 is 0 Å². The number of hydrogen-bond donors (Lipinski definition) is 0. The van der Waals surface area contributed by atoms with E-state index in [9.17, 15) is 9.18 Å². The first kappa shape index (κ1) is 13.3. The highest BCUT2D eigenvalue weighted by Crippen LogP contribution is 2.28. The third kappa shape index (κ3) is 2.50. The Hall–Kier alpha value is -2.67. The lowest BCUT2D eigenvalue weighted by molar-refractivity contribution is 0.0979. The zero-order valence-electron chi connectivity index (χ0n) is 11.3. The standard InChI is InChI=1S/C17H13FN2O/c18-15-6-5-12(10-19)9-13(15)11-20-8-7-17(21)14-3-1-2-4-16(14)20/h1-6,9H,7-8,11H2. The number of carbonyl (C=O) groups excluding carboxylic acids is 1. The second-order valence-corrected chi connectivity index (χ2v) is 5.03. The summed E-state index contributed by atoms with van der Waals surface area (Å²) in [6.07, 6.45) is 0.427. The number of benzene rings is 2. The number of hydrogen-bond acceptors (Lipinski definition) is 3. The fourth-order valence-electron chi connectivity index (χ4n) is 2.61. The fraction of sp³-hybridized carbons (Fsp3) is 0.176. The normalized spacial score (nSPS) is 13.7. The van der Waals surface area contributed by atoms with Crippen LogP contribution in [-0.4, -0.2) is 12.3 Å². The average Bonchev–Trinajstić information content (AvgIpc) is 2.52. The van der Waals surface area contributed by atoms with Gasteiger partial charge >= 0.3 is 0 Å². The molecule has 2 aromatic rings. The molecule has 0 fully saturated rings. The summed E-state index contributed by atoms with van der Waals surface area (Å²) >= 11 is 0. The average molecular weight is 280 g/mol. The maximum absolute atomic E-state index is 13.9. The Morgan fingerprint density at radius 3 is 2.86 bits per heavy atom. The van der Waals surface area contributed by atoms with E-state index in [4.69, 9.17) is 5.26 Å². The number of fused-ring (bicyclic) bond motifs is 1. The van der Waals surface area contributed by atoms with Crippen LogP contribution in [0.3, 0.4) is 0 Å². The van der Waals surface area contributed by atoms with Crippen LogP contribution in [0.4, 0.5) is 10.1 Å². The molecule has 0 saturated heterocycles. The number of Topliss-reactive ketones (excluding diaryl/α,β-unsaturated/α-hetero) is 1. The van der Waals surface area contributed by atoms with E-state index in [-0.39, 0.29) is 11.6 Å². The zero-order valence-corrected chi connectivity index (χ0v) is 11.3. The van der Waals surface area contributed by atoms with Crippen molar-refractivity contribution in [3.63, 3.8) is 0 Å². The van der Waals surface area contributed by atoms with E-state index in [1.807, 2.05) is 29.2 Å². The van der Waals surface area contributed by atoms with E-state index >= 15 is 0 Å². The highest BCUT2D eigenvalue weighted by atomic mass is 19.1. The van der Waals surface area contributed by atoms with Gasteiger partial charge in [0.2, 0.25) is 0 Å². The van der Waals surface area contributed by atoms with Crippen molar-refractivity contribution >= 4 is 11.5 Å². The Morgan fingerprint density at radius 2 is 2.05 bits per heavy atom. The highest BCUT2D eigenvalue weighted by Gasteiger charge is 2.23. The third-order valence-corrected chi connectivity index (χ3v) is 3.69. The first-order chi connectivity index (χ1) is 10.2. The molecule has 0 aliphatic carbocycles. The number of carbonyl (C=O) groups is 1. The molecular formula is C17H13FN2O. The number of halogens is 1. The maximum Gasteiger partial charge on any atom is 0.166 e. The van der Waals surface area contributed by atoms with Crippen molar-refractivity contribution in [1.29, 1.82) is 5.26 Å².